The Kier molecular flexibility index (Phi) is 7.57. The van der Waals surface area contributed by atoms with Crippen LogP contribution in [0.3, 0.4) is 0 Å². The fraction of sp³-hybridized carbons (Fsp3) is 0.556. The van der Waals surface area contributed by atoms with Gasteiger partial charge >= 0.3 is 29.2 Å². The molecule has 6 atom stereocenters. The molecule has 0 bridgehead atoms. The van der Waals surface area contributed by atoms with Gasteiger partial charge in [-0.2, -0.15) is 8.62 Å². The number of phosphoric acid groups is 3. The van der Waals surface area contributed by atoms with Crippen molar-refractivity contribution in [2.24, 2.45) is 0 Å². The highest BCUT2D eigenvalue weighted by Gasteiger charge is 2.61. The molecule has 3 unspecified atom stereocenters. The van der Waals surface area contributed by atoms with Gasteiger partial charge in [0.25, 0.3) is 0 Å². The van der Waals surface area contributed by atoms with Gasteiger partial charge < -0.3 is 29.4 Å². The van der Waals surface area contributed by atoms with Crippen molar-refractivity contribution in [1.82, 2.24) is 9.55 Å². The molecular formula is C9H12F3N2O13P3S. The molecule has 0 spiro atoms. The molecular weight excluding hydrogens is 526 g/mol. The third kappa shape index (κ3) is 6.17. The molecule has 0 saturated carbocycles. The second-order valence-corrected chi connectivity index (χ2v) is 10.5. The van der Waals surface area contributed by atoms with Crippen LogP contribution in [-0.2, 0) is 31.6 Å². The maximum absolute atomic E-state index is 15.0. The van der Waals surface area contributed by atoms with Gasteiger partial charge in [-0.3, -0.25) is 14.1 Å². The first-order valence-corrected chi connectivity index (χ1v) is 12.3. The molecule has 0 aliphatic carbocycles. The van der Waals surface area contributed by atoms with E-state index in [1.807, 2.05) is 0 Å². The minimum atomic E-state index is -5.97. The van der Waals surface area contributed by atoms with E-state index >= 15 is 0 Å². The molecule has 15 nitrogen and oxygen atoms in total. The van der Waals surface area contributed by atoms with Crippen LogP contribution in [0.25, 0.3) is 0 Å². The zero-order valence-corrected chi connectivity index (χ0v) is 17.8. The Morgan fingerprint density at radius 2 is 1.81 bits per heavy atom. The Morgan fingerprint density at radius 1 is 1.23 bits per heavy atom. The highest BCUT2D eigenvalue weighted by atomic mass is 32.1. The predicted molar refractivity (Wildman–Crippen MR) is 90.5 cm³/mol. The lowest BCUT2D eigenvalue weighted by Crippen LogP contribution is -2.47. The van der Waals surface area contributed by atoms with Crippen LogP contribution in [0.5, 0.6) is 0 Å². The van der Waals surface area contributed by atoms with E-state index in [4.69, 9.17) is 14.7 Å². The summed E-state index contributed by atoms with van der Waals surface area (Å²) < 4.78 is 90.7. The average Bonchev–Trinajstić information content (AvgIpc) is 2.79. The zero-order chi connectivity index (χ0) is 24.0. The number of phosphoric ester groups is 1. The highest BCUT2D eigenvalue weighted by Crippen LogP contribution is 2.67. The number of rotatable bonds is 8. The van der Waals surface area contributed by atoms with Gasteiger partial charge in [0.2, 0.25) is 12.0 Å². The summed E-state index contributed by atoms with van der Waals surface area (Å²) in [5.41, 5.74) is -4.94. The quantitative estimate of drug-likeness (QED) is 0.193. The third-order valence-electron chi connectivity index (χ3n) is 3.46. The standard InChI is InChI=1S/C9H12F3N2O13P3S/c10-2-9(12)4(15)6(24-7(9)14-1-3(11)5(31)13-8(14)16)25-29(20,21)27-30(22,23)26-28(17,18)19/h1,4,6-7,15H,2H2,(H,20,21)(H,22,23)(H,13,16,31)(H2,17,18,19)/t4-,6+,7+,9?/m0/s1. The van der Waals surface area contributed by atoms with E-state index < -0.39 is 70.6 Å². The van der Waals surface area contributed by atoms with Gasteiger partial charge in [0.15, 0.2) is 12.0 Å². The fourth-order valence-corrected chi connectivity index (χ4v) is 5.50. The largest absolute Gasteiger partial charge is 0.490 e. The number of nitrogens with zero attached hydrogens (tertiary/aromatic N) is 1. The molecule has 1 aromatic rings. The molecule has 178 valence electrons. The molecule has 6 N–H and O–H groups in total. The number of alkyl halides is 2. The molecule has 22 heteroatoms. The number of aromatic amines is 1. The fourth-order valence-electron chi connectivity index (χ4n) is 2.28. The molecule has 1 aliphatic rings. The number of ether oxygens (including phenoxy) is 1. The summed E-state index contributed by atoms with van der Waals surface area (Å²) in [5.74, 6) is -1.30. The lowest BCUT2D eigenvalue weighted by Gasteiger charge is -2.25. The van der Waals surface area contributed by atoms with Gasteiger partial charge in [-0.25, -0.2) is 31.7 Å². The number of aliphatic hydroxyl groups excluding tert-OH is 1. The van der Waals surface area contributed by atoms with Crippen LogP contribution in [0.2, 0.25) is 0 Å². The zero-order valence-electron chi connectivity index (χ0n) is 14.3. The molecule has 2 heterocycles. The molecule has 2 rings (SSSR count). The van der Waals surface area contributed by atoms with Crippen molar-refractivity contribution in [2.75, 3.05) is 6.67 Å². The van der Waals surface area contributed by atoms with Crippen LogP contribution in [-0.4, -0.2) is 59.0 Å². The van der Waals surface area contributed by atoms with Crippen LogP contribution < -0.4 is 5.69 Å². The number of halogens is 3. The van der Waals surface area contributed by atoms with E-state index in [2.05, 4.69) is 30.1 Å². The molecule has 1 aliphatic heterocycles. The van der Waals surface area contributed by atoms with Crippen molar-refractivity contribution in [2.45, 2.75) is 24.3 Å². The van der Waals surface area contributed by atoms with Crippen LogP contribution in [0.15, 0.2) is 11.0 Å². The van der Waals surface area contributed by atoms with Gasteiger partial charge in [-0.1, -0.05) is 12.2 Å². The van der Waals surface area contributed by atoms with Crippen molar-refractivity contribution in [3.05, 3.63) is 27.1 Å². The number of hydrogen-bond donors (Lipinski definition) is 6. The second kappa shape index (κ2) is 8.87. The third-order valence-corrected chi connectivity index (χ3v) is 7.56. The Labute approximate surface area is 173 Å². The van der Waals surface area contributed by atoms with Gasteiger partial charge in [-0.05, 0) is 0 Å². The van der Waals surface area contributed by atoms with Crippen LogP contribution >= 0.6 is 35.7 Å². The number of aromatic nitrogens is 2. The van der Waals surface area contributed by atoms with Crippen molar-refractivity contribution in [3.63, 3.8) is 0 Å². The van der Waals surface area contributed by atoms with Crippen molar-refractivity contribution in [3.8, 4) is 0 Å². The van der Waals surface area contributed by atoms with Crippen LogP contribution in [0.4, 0.5) is 13.2 Å². The Morgan fingerprint density at radius 3 is 2.32 bits per heavy atom. The van der Waals surface area contributed by atoms with Crippen molar-refractivity contribution >= 4 is 35.7 Å². The predicted octanol–water partition coefficient (Wildman–Crippen LogP) is 0.282. The summed E-state index contributed by atoms with van der Waals surface area (Å²) in [5, 5.41) is 9.92. The first kappa shape index (κ1) is 26.5. The lowest BCUT2D eigenvalue weighted by atomic mass is 10.0. The number of aliphatic hydroxyl groups is 1. The SMILES string of the molecule is O=c1[nH]c(=S)c(F)cn1[C@@H]1O[C@H](OP(=O)(O)OP(=O)(O)OP(=O)(O)O)[C@H](O)C1(F)CF. The first-order valence-electron chi connectivity index (χ1n) is 7.32. The summed E-state index contributed by atoms with van der Waals surface area (Å²) in [6, 6.07) is 0. The van der Waals surface area contributed by atoms with E-state index in [1.165, 1.54) is 0 Å². The van der Waals surface area contributed by atoms with E-state index in [9.17, 15) is 41.7 Å². The molecule has 1 saturated heterocycles. The smallest absolute Gasteiger partial charge is 0.384 e. The average molecular weight is 538 g/mol. The minimum Gasteiger partial charge on any atom is -0.384 e. The van der Waals surface area contributed by atoms with Gasteiger partial charge in [0.05, 0.1) is 6.20 Å². The molecule has 31 heavy (non-hydrogen) atoms. The maximum Gasteiger partial charge on any atom is 0.490 e. The summed E-state index contributed by atoms with van der Waals surface area (Å²) >= 11 is 4.44. The first-order chi connectivity index (χ1) is 13.9. The summed E-state index contributed by atoms with van der Waals surface area (Å²) in [6.07, 6.45) is -7.74. The minimum absolute atomic E-state index is 0.0638. The van der Waals surface area contributed by atoms with Gasteiger partial charge in [-0.15, -0.1) is 0 Å². The summed E-state index contributed by atoms with van der Waals surface area (Å²) in [4.78, 5) is 49.0. The summed E-state index contributed by atoms with van der Waals surface area (Å²) in [7, 11) is -17.6. The van der Waals surface area contributed by atoms with E-state index in [0.29, 0.717) is 0 Å². The normalized spacial score (nSPS) is 30.6. The van der Waals surface area contributed by atoms with E-state index in [1.54, 1.807) is 4.98 Å². The molecule has 1 aromatic heterocycles. The second-order valence-electron chi connectivity index (χ2n) is 5.70. The van der Waals surface area contributed by atoms with Crippen LogP contribution in [0, 0.1) is 10.5 Å². The molecule has 0 aromatic carbocycles. The van der Waals surface area contributed by atoms with Crippen molar-refractivity contribution < 1.29 is 69.4 Å². The van der Waals surface area contributed by atoms with Gasteiger partial charge in [0.1, 0.15) is 17.4 Å². The van der Waals surface area contributed by atoms with Crippen LogP contribution in [0.1, 0.15) is 6.23 Å². The lowest BCUT2D eigenvalue weighted by molar-refractivity contribution is -0.136. The Balaban J connectivity index is 2.33. The van der Waals surface area contributed by atoms with Gasteiger partial charge in [0, 0.05) is 0 Å². The maximum atomic E-state index is 15.0. The molecule has 0 amide bonds. The molecule has 0 radical (unpaired) electrons. The summed E-state index contributed by atoms with van der Waals surface area (Å²) in [6.45, 7) is -2.11. The van der Waals surface area contributed by atoms with E-state index in [0.717, 1.165) is 0 Å². The Hall–Kier alpha value is -0.780. The number of nitrogens with one attached hydrogen (secondary N) is 1. The number of H-pyrrole nitrogens is 1. The molecule has 1 fully saturated rings. The van der Waals surface area contributed by atoms with E-state index in [-0.39, 0.29) is 10.8 Å². The van der Waals surface area contributed by atoms with Crippen molar-refractivity contribution in [1.29, 1.82) is 0 Å². The topological polar surface area (TPSA) is 227 Å². The number of hydrogen-bond acceptors (Lipinski definition) is 10. The monoisotopic (exact) mass is 538 g/mol. The Bertz CT molecular complexity index is 1110. The highest BCUT2D eigenvalue weighted by molar-refractivity contribution is 7.71.